The molecule has 0 saturated heterocycles. The van der Waals surface area contributed by atoms with Gasteiger partial charge in [0.15, 0.2) is 0 Å². The molecular weight excluding hydrogens is 333 g/mol. The number of benzene rings is 2. The van der Waals surface area contributed by atoms with Crippen molar-refractivity contribution in [3.63, 3.8) is 0 Å². The van der Waals surface area contributed by atoms with Crippen molar-refractivity contribution in [2.45, 2.75) is 11.3 Å². The van der Waals surface area contributed by atoms with Crippen LogP contribution in [0.4, 0.5) is 5.69 Å². The monoisotopic (exact) mass is 345 g/mol. The van der Waals surface area contributed by atoms with E-state index in [9.17, 15) is 8.42 Å². The van der Waals surface area contributed by atoms with Crippen LogP contribution in [-0.4, -0.2) is 20.1 Å². The second-order valence-electron chi connectivity index (χ2n) is 4.35. The Labute approximate surface area is 133 Å². The molecule has 0 atom stereocenters. The van der Waals surface area contributed by atoms with Gasteiger partial charge in [-0.15, -0.1) is 0 Å². The lowest BCUT2D eigenvalue weighted by Crippen LogP contribution is -2.13. The summed E-state index contributed by atoms with van der Waals surface area (Å²) in [5, 5.41) is 9.49. The minimum absolute atomic E-state index is 0.0163. The van der Waals surface area contributed by atoms with Crippen LogP contribution < -0.4 is 4.72 Å². The lowest BCUT2D eigenvalue weighted by molar-refractivity contribution is 0.299. The molecule has 0 bridgehead atoms. The number of aliphatic hydroxyl groups excluding tert-OH is 1. The fourth-order valence-corrected chi connectivity index (χ4v) is 3.21. The third-order valence-corrected chi connectivity index (χ3v) is 4.75. The Morgan fingerprint density at radius 1 is 1.05 bits per heavy atom. The van der Waals surface area contributed by atoms with Crippen LogP contribution >= 0.6 is 23.2 Å². The van der Waals surface area contributed by atoms with Gasteiger partial charge in [-0.2, -0.15) is 0 Å². The highest BCUT2D eigenvalue weighted by molar-refractivity contribution is 7.92. The fraction of sp³-hybridized carbons (Fsp3) is 0.143. The highest BCUT2D eigenvalue weighted by Gasteiger charge is 2.15. The molecule has 7 heteroatoms. The second-order valence-corrected chi connectivity index (χ2v) is 6.87. The Balaban J connectivity index is 2.27. The van der Waals surface area contributed by atoms with E-state index in [1.165, 1.54) is 24.3 Å². The Bertz CT molecular complexity index is 730. The van der Waals surface area contributed by atoms with Crippen LogP contribution in [0.1, 0.15) is 5.56 Å². The molecule has 2 N–H and O–H groups in total. The minimum atomic E-state index is -3.74. The van der Waals surface area contributed by atoms with Gasteiger partial charge in [0.25, 0.3) is 10.0 Å². The van der Waals surface area contributed by atoms with Crippen LogP contribution in [0.2, 0.25) is 10.0 Å². The van der Waals surface area contributed by atoms with E-state index in [-0.39, 0.29) is 22.2 Å². The Hall–Kier alpha value is -1.27. The van der Waals surface area contributed by atoms with E-state index < -0.39 is 10.0 Å². The molecule has 0 saturated carbocycles. The molecule has 0 aliphatic rings. The highest BCUT2D eigenvalue weighted by atomic mass is 35.5. The smallest absolute Gasteiger partial charge is 0.261 e. The maximum Gasteiger partial charge on any atom is 0.261 e. The number of rotatable bonds is 5. The molecular formula is C14H13Cl2NO3S. The third-order valence-electron chi connectivity index (χ3n) is 2.81. The van der Waals surface area contributed by atoms with Crippen molar-refractivity contribution >= 4 is 38.9 Å². The van der Waals surface area contributed by atoms with Gasteiger partial charge in [-0.3, -0.25) is 4.72 Å². The minimum Gasteiger partial charge on any atom is -0.396 e. The first-order valence-electron chi connectivity index (χ1n) is 6.10. The van der Waals surface area contributed by atoms with Gasteiger partial charge in [0.1, 0.15) is 0 Å². The summed E-state index contributed by atoms with van der Waals surface area (Å²) in [5.41, 5.74) is 1.08. The van der Waals surface area contributed by atoms with Crippen molar-refractivity contribution < 1.29 is 13.5 Å². The summed E-state index contributed by atoms with van der Waals surface area (Å²) in [6.07, 6.45) is 0.480. The summed E-state index contributed by atoms with van der Waals surface area (Å²) in [5.74, 6) is 0. The molecule has 0 aliphatic carbocycles. The molecule has 2 aromatic rings. The fourth-order valence-electron chi connectivity index (χ4n) is 1.74. The zero-order valence-electron chi connectivity index (χ0n) is 10.9. The van der Waals surface area contributed by atoms with Gasteiger partial charge in [-0.1, -0.05) is 35.3 Å². The number of aliphatic hydroxyl groups is 1. The number of anilines is 1. The summed E-state index contributed by atoms with van der Waals surface area (Å²) in [7, 11) is -3.74. The van der Waals surface area contributed by atoms with Gasteiger partial charge < -0.3 is 5.11 Å². The van der Waals surface area contributed by atoms with Crippen LogP contribution in [0.15, 0.2) is 47.4 Å². The molecule has 0 fully saturated rings. The van der Waals surface area contributed by atoms with Gasteiger partial charge in [0, 0.05) is 11.6 Å². The molecule has 0 radical (unpaired) electrons. The molecule has 0 amide bonds. The molecule has 0 aromatic heterocycles. The molecule has 0 spiro atoms. The lowest BCUT2D eigenvalue weighted by Gasteiger charge is -2.10. The van der Waals surface area contributed by atoms with E-state index >= 15 is 0 Å². The summed E-state index contributed by atoms with van der Waals surface area (Å²) in [6.45, 7) is 0.0163. The van der Waals surface area contributed by atoms with Gasteiger partial charge in [-0.25, -0.2) is 8.42 Å². The predicted octanol–water partition coefficient (Wildman–Crippen LogP) is 3.33. The molecule has 0 heterocycles. The predicted molar refractivity (Wildman–Crippen MR) is 84.5 cm³/mol. The number of hydrogen-bond acceptors (Lipinski definition) is 3. The van der Waals surface area contributed by atoms with Gasteiger partial charge >= 0.3 is 0 Å². The molecule has 2 aromatic carbocycles. The Morgan fingerprint density at radius 2 is 1.71 bits per heavy atom. The zero-order valence-corrected chi connectivity index (χ0v) is 13.2. The van der Waals surface area contributed by atoms with Crippen molar-refractivity contribution in [1.82, 2.24) is 0 Å². The Kier molecular flexibility index (Phi) is 5.11. The largest absolute Gasteiger partial charge is 0.396 e. The van der Waals surface area contributed by atoms with Crippen molar-refractivity contribution in [2.75, 3.05) is 11.3 Å². The molecule has 2 rings (SSSR count). The van der Waals surface area contributed by atoms with E-state index in [4.69, 9.17) is 28.3 Å². The van der Waals surface area contributed by atoms with Crippen LogP contribution in [0.25, 0.3) is 0 Å². The first kappa shape index (κ1) is 16.1. The molecule has 4 nitrogen and oxygen atoms in total. The maximum absolute atomic E-state index is 12.3. The Morgan fingerprint density at radius 3 is 2.33 bits per heavy atom. The first-order valence-corrected chi connectivity index (χ1v) is 8.34. The molecule has 0 aliphatic heterocycles. The van der Waals surface area contributed by atoms with Crippen molar-refractivity contribution in [2.24, 2.45) is 0 Å². The zero-order chi connectivity index (χ0) is 15.5. The SMILES string of the molecule is O=S(=O)(Nc1cc(Cl)ccc1Cl)c1ccc(CCO)cc1. The van der Waals surface area contributed by atoms with Gasteiger partial charge in [0.05, 0.1) is 15.6 Å². The molecule has 21 heavy (non-hydrogen) atoms. The van der Waals surface area contributed by atoms with E-state index in [0.29, 0.717) is 11.4 Å². The quantitative estimate of drug-likeness (QED) is 0.873. The average molecular weight is 346 g/mol. The maximum atomic E-state index is 12.3. The lowest BCUT2D eigenvalue weighted by atomic mass is 10.2. The van der Waals surface area contributed by atoms with Crippen molar-refractivity contribution in [1.29, 1.82) is 0 Å². The number of nitrogens with one attached hydrogen (secondary N) is 1. The standard InChI is InChI=1S/C14H13Cl2NO3S/c15-11-3-6-13(16)14(9-11)17-21(19,20)12-4-1-10(2-5-12)7-8-18/h1-6,9,17-18H,7-8H2. The summed E-state index contributed by atoms with van der Waals surface area (Å²) < 4.78 is 26.9. The van der Waals surface area contributed by atoms with Gasteiger partial charge in [0.2, 0.25) is 0 Å². The van der Waals surface area contributed by atoms with Crippen LogP contribution in [0.5, 0.6) is 0 Å². The van der Waals surface area contributed by atoms with Crippen molar-refractivity contribution in [3.8, 4) is 0 Å². The second kappa shape index (κ2) is 6.66. The van der Waals surface area contributed by atoms with Crippen LogP contribution in [0.3, 0.4) is 0 Å². The van der Waals surface area contributed by atoms with Crippen LogP contribution in [-0.2, 0) is 16.4 Å². The first-order chi connectivity index (χ1) is 9.92. The summed E-state index contributed by atoms with van der Waals surface area (Å²) in [4.78, 5) is 0.111. The van der Waals surface area contributed by atoms with E-state index in [1.54, 1.807) is 18.2 Å². The van der Waals surface area contributed by atoms with E-state index in [0.717, 1.165) is 5.56 Å². The topological polar surface area (TPSA) is 66.4 Å². The molecule has 112 valence electrons. The van der Waals surface area contributed by atoms with Gasteiger partial charge in [-0.05, 0) is 42.3 Å². The number of hydrogen-bond donors (Lipinski definition) is 2. The van der Waals surface area contributed by atoms with E-state index in [1.807, 2.05) is 0 Å². The number of halogens is 2. The third kappa shape index (κ3) is 4.11. The normalized spacial score (nSPS) is 11.4. The molecule has 0 unspecified atom stereocenters. The summed E-state index contributed by atoms with van der Waals surface area (Å²) in [6, 6.07) is 10.8. The average Bonchev–Trinajstić information content (AvgIpc) is 2.44. The van der Waals surface area contributed by atoms with Crippen molar-refractivity contribution in [3.05, 3.63) is 58.1 Å². The van der Waals surface area contributed by atoms with E-state index in [2.05, 4.69) is 4.72 Å². The van der Waals surface area contributed by atoms with Crippen LogP contribution in [0, 0.1) is 0 Å². The summed E-state index contributed by atoms with van der Waals surface area (Å²) >= 11 is 11.8. The number of sulfonamides is 1. The highest BCUT2D eigenvalue weighted by Crippen LogP contribution is 2.27.